The van der Waals surface area contributed by atoms with Crippen molar-refractivity contribution in [1.29, 1.82) is 0 Å². The van der Waals surface area contributed by atoms with Gasteiger partial charge in [-0.15, -0.1) is 0 Å². The summed E-state index contributed by atoms with van der Waals surface area (Å²) < 4.78 is 10.8. The molecule has 2 aliphatic rings. The fourth-order valence-electron chi connectivity index (χ4n) is 3.01. The zero-order valence-corrected chi connectivity index (χ0v) is 11.6. The van der Waals surface area contributed by atoms with Crippen molar-refractivity contribution in [2.24, 2.45) is 5.92 Å². The average Bonchev–Trinajstić information content (AvgIpc) is 2.88. The summed E-state index contributed by atoms with van der Waals surface area (Å²) in [5.41, 5.74) is 2.80. The molecule has 1 saturated heterocycles. The van der Waals surface area contributed by atoms with Crippen molar-refractivity contribution >= 4 is 5.91 Å². The van der Waals surface area contributed by atoms with Crippen LogP contribution >= 0.6 is 0 Å². The summed E-state index contributed by atoms with van der Waals surface area (Å²) in [6.07, 6.45) is 2.65. The highest BCUT2D eigenvalue weighted by Gasteiger charge is 2.23. The first kappa shape index (κ1) is 13.6. The number of rotatable bonds is 4. The van der Waals surface area contributed by atoms with Gasteiger partial charge in [0, 0.05) is 13.0 Å². The maximum atomic E-state index is 12.0. The molecule has 1 aliphatic carbocycles. The van der Waals surface area contributed by atoms with Gasteiger partial charge in [0.2, 0.25) is 5.91 Å². The molecule has 108 valence electrons. The first-order valence-electron chi connectivity index (χ1n) is 7.34. The van der Waals surface area contributed by atoms with E-state index in [4.69, 9.17) is 9.47 Å². The van der Waals surface area contributed by atoms with Crippen molar-refractivity contribution in [3.05, 3.63) is 35.4 Å². The van der Waals surface area contributed by atoms with E-state index in [-0.39, 0.29) is 12.0 Å². The van der Waals surface area contributed by atoms with Crippen LogP contribution in [0.1, 0.15) is 17.5 Å². The van der Waals surface area contributed by atoms with Crippen LogP contribution in [0.5, 0.6) is 0 Å². The van der Waals surface area contributed by atoms with Gasteiger partial charge in [-0.1, -0.05) is 24.3 Å². The third-order valence-electron chi connectivity index (χ3n) is 4.02. The Bertz CT molecular complexity index is 444. The fourth-order valence-corrected chi connectivity index (χ4v) is 3.01. The summed E-state index contributed by atoms with van der Waals surface area (Å²) in [7, 11) is 0. The molecule has 1 aromatic rings. The van der Waals surface area contributed by atoms with Gasteiger partial charge >= 0.3 is 0 Å². The molecule has 4 heteroatoms. The second-order valence-corrected chi connectivity index (χ2v) is 5.62. The molecule has 1 N–H and O–H groups in total. The van der Waals surface area contributed by atoms with E-state index in [1.807, 2.05) is 0 Å². The third kappa shape index (κ3) is 3.38. The van der Waals surface area contributed by atoms with E-state index < -0.39 is 0 Å². The molecule has 0 spiro atoms. The third-order valence-corrected chi connectivity index (χ3v) is 4.02. The van der Waals surface area contributed by atoms with Crippen LogP contribution in [0.15, 0.2) is 24.3 Å². The number of ether oxygens (including phenoxy) is 2. The topological polar surface area (TPSA) is 47.6 Å². The van der Waals surface area contributed by atoms with Crippen LogP contribution in [0.4, 0.5) is 0 Å². The smallest absolute Gasteiger partial charge is 0.220 e. The number of hydrogen-bond donors (Lipinski definition) is 1. The number of carbonyl (C=O) groups is 1. The van der Waals surface area contributed by atoms with Crippen molar-refractivity contribution in [2.75, 3.05) is 26.4 Å². The van der Waals surface area contributed by atoms with Crippen LogP contribution < -0.4 is 5.32 Å². The Kier molecular flexibility index (Phi) is 4.33. The summed E-state index contributed by atoms with van der Waals surface area (Å²) in [6.45, 7) is 2.41. The number of fused-ring (bicyclic) bond motifs is 1. The van der Waals surface area contributed by atoms with Gasteiger partial charge in [0.15, 0.2) is 0 Å². The minimum atomic E-state index is 0.00785. The van der Waals surface area contributed by atoms with Gasteiger partial charge in [0.1, 0.15) is 0 Å². The highest BCUT2D eigenvalue weighted by atomic mass is 16.6. The molecule has 1 amide bonds. The summed E-state index contributed by atoms with van der Waals surface area (Å²) in [6, 6.07) is 8.48. The summed E-state index contributed by atoms with van der Waals surface area (Å²) in [4.78, 5) is 12.0. The van der Waals surface area contributed by atoms with E-state index in [9.17, 15) is 4.79 Å². The number of benzene rings is 1. The normalized spacial score (nSPS) is 22.5. The van der Waals surface area contributed by atoms with E-state index in [1.165, 1.54) is 11.1 Å². The molecule has 1 atom stereocenters. The monoisotopic (exact) mass is 275 g/mol. The average molecular weight is 275 g/mol. The molecule has 1 heterocycles. The molecule has 1 aliphatic heterocycles. The Morgan fingerprint density at radius 1 is 1.20 bits per heavy atom. The van der Waals surface area contributed by atoms with E-state index >= 15 is 0 Å². The van der Waals surface area contributed by atoms with Crippen LogP contribution in [0.3, 0.4) is 0 Å². The molecule has 1 fully saturated rings. The van der Waals surface area contributed by atoms with E-state index in [0.29, 0.717) is 38.7 Å². The van der Waals surface area contributed by atoms with E-state index in [0.717, 1.165) is 12.8 Å². The number of hydrogen-bond acceptors (Lipinski definition) is 3. The molecule has 4 nitrogen and oxygen atoms in total. The van der Waals surface area contributed by atoms with Crippen LogP contribution in [-0.2, 0) is 27.1 Å². The number of nitrogens with one attached hydrogen (secondary N) is 1. The first-order chi connectivity index (χ1) is 9.81. The molecule has 20 heavy (non-hydrogen) atoms. The lowest BCUT2D eigenvalue weighted by Crippen LogP contribution is -2.40. The standard InChI is InChI=1S/C16H21NO3/c18-16(17-10-15-11-19-5-6-20-15)9-12-7-13-3-1-2-4-14(13)8-12/h1-4,12,15H,5-11H2,(H,17,18)/t15-/m0/s1. The van der Waals surface area contributed by atoms with Gasteiger partial charge in [0.05, 0.1) is 25.9 Å². The van der Waals surface area contributed by atoms with Gasteiger partial charge in [-0.3, -0.25) is 4.79 Å². The Balaban J connectivity index is 1.41. The molecule has 0 saturated carbocycles. The SMILES string of the molecule is O=C(CC1Cc2ccccc2C1)NC[C@H]1COCCO1. The molecule has 0 aromatic heterocycles. The van der Waals surface area contributed by atoms with Gasteiger partial charge in [0.25, 0.3) is 0 Å². The predicted octanol–water partition coefficient (Wildman–Crippen LogP) is 1.32. The van der Waals surface area contributed by atoms with E-state index in [2.05, 4.69) is 29.6 Å². The van der Waals surface area contributed by atoms with Gasteiger partial charge in [-0.25, -0.2) is 0 Å². The summed E-state index contributed by atoms with van der Waals surface area (Å²) >= 11 is 0. The molecule has 0 unspecified atom stereocenters. The molecular formula is C16H21NO3. The zero-order chi connectivity index (χ0) is 13.8. The molecule has 3 rings (SSSR count). The number of amides is 1. The molecule has 0 radical (unpaired) electrons. The van der Waals surface area contributed by atoms with Crippen LogP contribution in [0.25, 0.3) is 0 Å². The van der Waals surface area contributed by atoms with Gasteiger partial charge in [-0.2, -0.15) is 0 Å². The van der Waals surface area contributed by atoms with Crippen molar-refractivity contribution in [1.82, 2.24) is 5.32 Å². The second kappa shape index (κ2) is 6.37. The van der Waals surface area contributed by atoms with Crippen molar-refractivity contribution in [3.8, 4) is 0 Å². The highest BCUT2D eigenvalue weighted by Crippen LogP contribution is 2.28. The molecular weight excluding hydrogens is 254 g/mol. The fraction of sp³-hybridized carbons (Fsp3) is 0.562. The Labute approximate surface area is 119 Å². The molecule has 1 aromatic carbocycles. The summed E-state index contributed by atoms with van der Waals surface area (Å²) in [5.74, 6) is 0.563. The Hall–Kier alpha value is -1.39. The minimum Gasteiger partial charge on any atom is -0.376 e. The first-order valence-corrected chi connectivity index (χ1v) is 7.34. The Morgan fingerprint density at radius 3 is 2.60 bits per heavy atom. The lowest BCUT2D eigenvalue weighted by Gasteiger charge is -2.23. The van der Waals surface area contributed by atoms with Crippen LogP contribution in [-0.4, -0.2) is 38.4 Å². The van der Waals surface area contributed by atoms with Gasteiger partial charge < -0.3 is 14.8 Å². The predicted molar refractivity (Wildman–Crippen MR) is 75.5 cm³/mol. The highest BCUT2D eigenvalue weighted by molar-refractivity contribution is 5.76. The minimum absolute atomic E-state index is 0.00785. The Morgan fingerprint density at radius 2 is 1.95 bits per heavy atom. The zero-order valence-electron chi connectivity index (χ0n) is 11.6. The maximum Gasteiger partial charge on any atom is 0.220 e. The number of carbonyl (C=O) groups excluding carboxylic acids is 1. The second-order valence-electron chi connectivity index (χ2n) is 5.62. The van der Waals surface area contributed by atoms with Crippen molar-refractivity contribution in [3.63, 3.8) is 0 Å². The van der Waals surface area contributed by atoms with E-state index in [1.54, 1.807) is 0 Å². The lowest BCUT2D eigenvalue weighted by molar-refractivity contribution is -0.124. The maximum absolute atomic E-state index is 12.0. The molecule has 0 bridgehead atoms. The van der Waals surface area contributed by atoms with Crippen molar-refractivity contribution < 1.29 is 14.3 Å². The quantitative estimate of drug-likeness (QED) is 0.901. The van der Waals surface area contributed by atoms with Crippen LogP contribution in [0, 0.1) is 5.92 Å². The largest absolute Gasteiger partial charge is 0.376 e. The van der Waals surface area contributed by atoms with Crippen molar-refractivity contribution in [2.45, 2.75) is 25.4 Å². The van der Waals surface area contributed by atoms with Gasteiger partial charge in [-0.05, 0) is 29.9 Å². The lowest BCUT2D eigenvalue weighted by atomic mass is 10.0. The van der Waals surface area contributed by atoms with Crippen LogP contribution in [0.2, 0.25) is 0 Å². The summed E-state index contributed by atoms with van der Waals surface area (Å²) in [5, 5.41) is 2.96.